The van der Waals surface area contributed by atoms with Crippen molar-refractivity contribution in [2.45, 2.75) is 78.2 Å². The highest BCUT2D eigenvalue weighted by Gasteiger charge is 2.23. The van der Waals surface area contributed by atoms with Gasteiger partial charge in [0, 0.05) is 0 Å². The monoisotopic (exact) mass is 271 g/mol. The molecule has 0 fully saturated rings. The van der Waals surface area contributed by atoms with E-state index in [0.717, 1.165) is 19.4 Å². The van der Waals surface area contributed by atoms with Gasteiger partial charge in [-0.25, -0.2) is 0 Å². The molecule has 0 aromatic carbocycles. The van der Waals surface area contributed by atoms with E-state index in [4.69, 9.17) is 4.74 Å². The van der Waals surface area contributed by atoms with Gasteiger partial charge >= 0.3 is 5.97 Å². The summed E-state index contributed by atoms with van der Waals surface area (Å²) in [5.41, 5.74) is 0. The summed E-state index contributed by atoms with van der Waals surface area (Å²) in [7, 11) is 1.47. The standard InChI is InChI=1S/C16H33NO2/c1-5-7-8-9-10-11-12-13-17-15(14(3)6-2)16(18)19-4/h14-15,17H,5-13H2,1-4H3/t14?,15-/m0/s1. The van der Waals surface area contributed by atoms with Crippen LogP contribution in [0.25, 0.3) is 0 Å². The largest absolute Gasteiger partial charge is 0.468 e. The fourth-order valence-electron chi connectivity index (χ4n) is 2.22. The van der Waals surface area contributed by atoms with E-state index in [0.29, 0.717) is 5.92 Å². The number of ether oxygens (including phenoxy) is 1. The fourth-order valence-corrected chi connectivity index (χ4v) is 2.22. The number of esters is 1. The van der Waals surface area contributed by atoms with Crippen molar-refractivity contribution in [3.63, 3.8) is 0 Å². The van der Waals surface area contributed by atoms with Crippen LogP contribution in [0, 0.1) is 5.92 Å². The third kappa shape index (κ3) is 9.04. The number of rotatable bonds is 12. The van der Waals surface area contributed by atoms with Crippen molar-refractivity contribution in [1.82, 2.24) is 5.32 Å². The molecule has 1 N–H and O–H groups in total. The number of carbonyl (C=O) groups is 1. The van der Waals surface area contributed by atoms with Crippen molar-refractivity contribution in [3.8, 4) is 0 Å². The van der Waals surface area contributed by atoms with Gasteiger partial charge in [-0.3, -0.25) is 4.79 Å². The van der Waals surface area contributed by atoms with E-state index in [1.54, 1.807) is 0 Å². The topological polar surface area (TPSA) is 38.3 Å². The zero-order chi connectivity index (χ0) is 14.5. The minimum absolute atomic E-state index is 0.128. The van der Waals surface area contributed by atoms with Gasteiger partial charge in [-0.05, 0) is 18.9 Å². The molecule has 0 aliphatic heterocycles. The van der Waals surface area contributed by atoms with E-state index in [-0.39, 0.29) is 12.0 Å². The van der Waals surface area contributed by atoms with Gasteiger partial charge in [-0.15, -0.1) is 0 Å². The van der Waals surface area contributed by atoms with Crippen molar-refractivity contribution in [3.05, 3.63) is 0 Å². The SMILES string of the molecule is CCCCCCCCCN[C@H](C(=O)OC)C(C)CC. The highest BCUT2D eigenvalue weighted by Crippen LogP contribution is 2.10. The summed E-state index contributed by atoms with van der Waals surface area (Å²) in [6.07, 6.45) is 10.1. The van der Waals surface area contributed by atoms with E-state index in [1.807, 2.05) is 0 Å². The van der Waals surface area contributed by atoms with Crippen LogP contribution in [0.2, 0.25) is 0 Å². The molecule has 0 spiro atoms. The zero-order valence-corrected chi connectivity index (χ0v) is 13.3. The molecule has 0 heterocycles. The maximum atomic E-state index is 11.7. The summed E-state index contributed by atoms with van der Waals surface area (Å²) in [4.78, 5) is 11.7. The molecule has 0 rings (SSSR count). The molecule has 19 heavy (non-hydrogen) atoms. The third-order valence-corrected chi connectivity index (χ3v) is 3.81. The van der Waals surface area contributed by atoms with Gasteiger partial charge in [-0.2, -0.15) is 0 Å². The smallest absolute Gasteiger partial charge is 0.323 e. The molecule has 0 saturated carbocycles. The van der Waals surface area contributed by atoms with Gasteiger partial charge in [0.2, 0.25) is 0 Å². The molecule has 1 unspecified atom stereocenters. The molecule has 114 valence electrons. The average Bonchev–Trinajstić information content (AvgIpc) is 2.44. The van der Waals surface area contributed by atoms with Gasteiger partial charge in [0.1, 0.15) is 6.04 Å². The van der Waals surface area contributed by atoms with E-state index < -0.39 is 0 Å². The number of hydrogen-bond donors (Lipinski definition) is 1. The normalized spacial score (nSPS) is 14.1. The molecule has 0 amide bonds. The minimum Gasteiger partial charge on any atom is -0.468 e. The third-order valence-electron chi connectivity index (χ3n) is 3.81. The summed E-state index contributed by atoms with van der Waals surface area (Å²) in [5.74, 6) is 0.203. The second-order valence-electron chi connectivity index (χ2n) is 5.46. The van der Waals surface area contributed by atoms with Crippen LogP contribution in [0.5, 0.6) is 0 Å². The summed E-state index contributed by atoms with van der Waals surface area (Å²) >= 11 is 0. The molecular formula is C16H33NO2. The first-order chi connectivity index (χ1) is 9.17. The average molecular weight is 271 g/mol. The van der Waals surface area contributed by atoms with Crippen molar-refractivity contribution in [1.29, 1.82) is 0 Å². The lowest BCUT2D eigenvalue weighted by Gasteiger charge is -2.21. The van der Waals surface area contributed by atoms with Crippen LogP contribution in [0.15, 0.2) is 0 Å². The van der Waals surface area contributed by atoms with Crippen LogP contribution in [0.1, 0.15) is 72.1 Å². The van der Waals surface area contributed by atoms with E-state index in [1.165, 1.54) is 45.6 Å². The first-order valence-corrected chi connectivity index (χ1v) is 7.98. The molecular weight excluding hydrogens is 238 g/mol. The first kappa shape index (κ1) is 18.4. The number of nitrogens with one attached hydrogen (secondary N) is 1. The van der Waals surface area contributed by atoms with Crippen LogP contribution in [-0.4, -0.2) is 25.7 Å². The lowest BCUT2D eigenvalue weighted by Crippen LogP contribution is -2.42. The van der Waals surface area contributed by atoms with E-state index >= 15 is 0 Å². The van der Waals surface area contributed by atoms with Gasteiger partial charge in [0.15, 0.2) is 0 Å². The Kier molecular flexibility index (Phi) is 12.1. The summed E-state index contributed by atoms with van der Waals surface area (Å²) in [6.45, 7) is 7.36. The maximum absolute atomic E-state index is 11.7. The zero-order valence-electron chi connectivity index (χ0n) is 13.3. The Bertz CT molecular complexity index is 219. The highest BCUT2D eigenvalue weighted by molar-refractivity contribution is 5.75. The molecule has 0 aromatic rings. The molecule has 0 bridgehead atoms. The number of unbranched alkanes of at least 4 members (excludes halogenated alkanes) is 6. The lowest BCUT2D eigenvalue weighted by molar-refractivity contribution is -0.144. The lowest BCUT2D eigenvalue weighted by atomic mass is 9.99. The van der Waals surface area contributed by atoms with Crippen molar-refractivity contribution in [2.24, 2.45) is 5.92 Å². The van der Waals surface area contributed by atoms with Crippen molar-refractivity contribution >= 4 is 5.97 Å². The first-order valence-electron chi connectivity index (χ1n) is 7.98. The van der Waals surface area contributed by atoms with Crippen LogP contribution in [0.3, 0.4) is 0 Å². The van der Waals surface area contributed by atoms with Gasteiger partial charge < -0.3 is 10.1 Å². The number of methoxy groups -OCH3 is 1. The fraction of sp³-hybridized carbons (Fsp3) is 0.938. The predicted octanol–water partition coefficient (Wildman–Crippen LogP) is 3.91. The minimum atomic E-state index is -0.143. The molecule has 3 heteroatoms. The van der Waals surface area contributed by atoms with Crippen LogP contribution >= 0.6 is 0 Å². The van der Waals surface area contributed by atoms with E-state index in [9.17, 15) is 4.79 Å². The van der Waals surface area contributed by atoms with Crippen molar-refractivity contribution in [2.75, 3.05) is 13.7 Å². The Balaban J connectivity index is 3.67. The Morgan fingerprint density at radius 1 is 1.05 bits per heavy atom. The van der Waals surface area contributed by atoms with Gasteiger partial charge in [0.05, 0.1) is 7.11 Å². The van der Waals surface area contributed by atoms with Gasteiger partial charge in [-0.1, -0.05) is 65.7 Å². The molecule has 0 saturated heterocycles. The molecule has 2 atom stereocenters. The quantitative estimate of drug-likeness (QED) is 0.432. The Morgan fingerprint density at radius 2 is 1.63 bits per heavy atom. The molecule has 0 radical (unpaired) electrons. The van der Waals surface area contributed by atoms with Crippen molar-refractivity contribution < 1.29 is 9.53 Å². The summed E-state index contributed by atoms with van der Waals surface area (Å²) in [5, 5.41) is 3.35. The molecule has 0 aromatic heterocycles. The summed E-state index contributed by atoms with van der Waals surface area (Å²) in [6, 6.07) is -0.143. The second kappa shape index (κ2) is 12.5. The number of carbonyl (C=O) groups excluding carboxylic acids is 1. The Hall–Kier alpha value is -0.570. The second-order valence-corrected chi connectivity index (χ2v) is 5.46. The van der Waals surface area contributed by atoms with Crippen LogP contribution in [0.4, 0.5) is 0 Å². The van der Waals surface area contributed by atoms with E-state index in [2.05, 4.69) is 26.1 Å². The van der Waals surface area contributed by atoms with Crippen LogP contribution in [-0.2, 0) is 9.53 Å². The van der Waals surface area contributed by atoms with Crippen LogP contribution < -0.4 is 5.32 Å². The Morgan fingerprint density at radius 3 is 2.16 bits per heavy atom. The highest BCUT2D eigenvalue weighted by atomic mass is 16.5. The maximum Gasteiger partial charge on any atom is 0.323 e. The summed E-state index contributed by atoms with van der Waals surface area (Å²) < 4.78 is 4.86. The Labute approximate surface area is 119 Å². The molecule has 0 aliphatic carbocycles. The predicted molar refractivity (Wildman–Crippen MR) is 81.3 cm³/mol. The van der Waals surface area contributed by atoms with Gasteiger partial charge in [0.25, 0.3) is 0 Å². The number of hydrogen-bond acceptors (Lipinski definition) is 3. The molecule has 0 aliphatic rings. The molecule has 3 nitrogen and oxygen atoms in total.